The largest absolute Gasteiger partial charge is 0.326 e. The lowest BCUT2D eigenvalue weighted by Gasteiger charge is -2.32. The Kier molecular flexibility index (Phi) is 6.50. The number of carbonyl (C=O) groups excluding carboxylic acids is 1. The van der Waals surface area contributed by atoms with Gasteiger partial charge >= 0.3 is 0 Å². The Hall–Kier alpha value is -2.55. The van der Waals surface area contributed by atoms with Gasteiger partial charge in [0.15, 0.2) is 0 Å². The van der Waals surface area contributed by atoms with Gasteiger partial charge in [0, 0.05) is 56.3 Å². The number of aryl methyl sites for hydroxylation is 3. The highest BCUT2D eigenvalue weighted by molar-refractivity contribution is 7.18. The number of nitrogens with zero attached hydrogens (tertiary/aromatic N) is 4. The molecule has 0 saturated carbocycles. The number of hydrogen-bond acceptors (Lipinski definition) is 6. The number of amides is 1. The molecule has 31 heavy (non-hydrogen) atoms. The summed E-state index contributed by atoms with van der Waals surface area (Å²) in [5.74, 6) is -0.109. The molecule has 0 unspecified atom stereocenters. The van der Waals surface area contributed by atoms with Crippen molar-refractivity contribution in [1.82, 2.24) is 19.4 Å². The molecule has 1 N–H and O–H groups in total. The van der Waals surface area contributed by atoms with Gasteiger partial charge in [-0.1, -0.05) is 12.1 Å². The second kappa shape index (κ2) is 9.30. The average molecular weight is 440 g/mol. The summed E-state index contributed by atoms with van der Waals surface area (Å²) >= 11 is 1.53. The highest BCUT2D eigenvalue weighted by atomic mass is 32.1. The number of nitrogens with one attached hydrogen (secondary N) is 1. The van der Waals surface area contributed by atoms with E-state index in [9.17, 15) is 9.59 Å². The minimum atomic E-state index is -0.109. The van der Waals surface area contributed by atoms with E-state index in [-0.39, 0.29) is 17.9 Å². The fourth-order valence-corrected chi connectivity index (χ4v) is 4.87. The van der Waals surface area contributed by atoms with Crippen molar-refractivity contribution in [3.8, 4) is 0 Å². The first-order valence-electron chi connectivity index (χ1n) is 10.7. The molecule has 0 atom stereocenters. The van der Waals surface area contributed by atoms with Crippen LogP contribution in [0.15, 0.2) is 35.4 Å². The molecule has 0 spiro atoms. The number of aromatic nitrogens is 2. The number of fused-ring (bicyclic) bond motifs is 1. The quantitative estimate of drug-likeness (QED) is 0.640. The van der Waals surface area contributed by atoms with Gasteiger partial charge < -0.3 is 10.2 Å². The molecule has 7 nitrogen and oxygen atoms in total. The van der Waals surface area contributed by atoms with Gasteiger partial charge in [-0.05, 0) is 44.2 Å². The summed E-state index contributed by atoms with van der Waals surface area (Å²) in [7, 11) is 2.15. The van der Waals surface area contributed by atoms with Crippen molar-refractivity contribution >= 4 is 33.1 Å². The predicted molar refractivity (Wildman–Crippen MR) is 126 cm³/mol. The first kappa shape index (κ1) is 21.7. The lowest BCUT2D eigenvalue weighted by molar-refractivity contribution is -0.116. The first-order valence-corrected chi connectivity index (χ1v) is 11.5. The van der Waals surface area contributed by atoms with E-state index in [1.165, 1.54) is 21.5 Å². The number of piperazine rings is 1. The molecule has 1 amide bonds. The lowest BCUT2D eigenvalue weighted by atomic mass is 10.1. The summed E-state index contributed by atoms with van der Waals surface area (Å²) in [6.45, 7) is 9.43. The molecule has 1 fully saturated rings. The van der Waals surface area contributed by atoms with Crippen molar-refractivity contribution in [2.45, 2.75) is 33.4 Å². The van der Waals surface area contributed by atoms with E-state index >= 15 is 0 Å². The first-order chi connectivity index (χ1) is 14.9. The van der Waals surface area contributed by atoms with Crippen LogP contribution in [0.3, 0.4) is 0 Å². The van der Waals surface area contributed by atoms with Gasteiger partial charge in [-0.25, -0.2) is 4.98 Å². The molecule has 0 aliphatic carbocycles. The molecule has 2 aromatic heterocycles. The third kappa shape index (κ3) is 5.03. The molecule has 0 radical (unpaired) electrons. The van der Waals surface area contributed by atoms with Crippen LogP contribution >= 0.6 is 11.3 Å². The highest BCUT2D eigenvalue weighted by Gasteiger charge is 2.15. The van der Waals surface area contributed by atoms with Crippen LogP contribution in [0, 0.1) is 13.8 Å². The van der Waals surface area contributed by atoms with Crippen LogP contribution in [0.1, 0.15) is 22.4 Å². The Bertz CT molecular complexity index is 1140. The zero-order valence-corrected chi connectivity index (χ0v) is 19.2. The van der Waals surface area contributed by atoms with Gasteiger partial charge in [0.05, 0.1) is 11.7 Å². The summed E-state index contributed by atoms with van der Waals surface area (Å²) in [6, 6.07) is 8.01. The van der Waals surface area contributed by atoms with Crippen LogP contribution in [-0.2, 0) is 17.9 Å². The number of rotatable bonds is 6. The van der Waals surface area contributed by atoms with Crippen molar-refractivity contribution in [3.05, 3.63) is 57.0 Å². The van der Waals surface area contributed by atoms with E-state index in [0.717, 1.165) is 53.7 Å². The highest BCUT2D eigenvalue weighted by Crippen LogP contribution is 2.25. The van der Waals surface area contributed by atoms with Gasteiger partial charge in [-0.15, -0.1) is 11.3 Å². The van der Waals surface area contributed by atoms with Crippen molar-refractivity contribution in [2.75, 3.05) is 38.5 Å². The van der Waals surface area contributed by atoms with E-state index in [2.05, 4.69) is 33.2 Å². The SMILES string of the molecule is Cc1sc2ncn(CCC(=O)Nc3cccc(CN4CCN(C)CC4)c3)c(=O)c2c1C. The Balaban J connectivity index is 1.36. The Morgan fingerprint density at radius 1 is 1.19 bits per heavy atom. The summed E-state index contributed by atoms with van der Waals surface area (Å²) in [5, 5.41) is 3.64. The zero-order valence-electron chi connectivity index (χ0n) is 18.4. The van der Waals surface area contributed by atoms with Crippen LogP contribution in [0.4, 0.5) is 5.69 Å². The van der Waals surface area contributed by atoms with Crippen molar-refractivity contribution in [3.63, 3.8) is 0 Å². The normalized spacial score (nSPS) is 15.5. The van der Waals surface area contributed by atoms with Crippen LogP contribution in [-0.4, -0.2) is 58.5 Å². The molecule has 4 rings (SSSR count). The molecule has 164 valence electrons. The molecule has 8 heteroatoms. The number of hydrogen-bond donors (Lipinski definition) is 1. The van der Waals surface area contributed by atoms with Crippen LogP contribution in [0.2, 0.25) is 0 Å². The Morgan fingerprint density at radius 3 is 2.74 bits per heavy atom. The van der Waals surface area contributed by atoms with Crippen molar-refractivity contribution < 1.29 is 4.79 Å². The van der Waals surface area contributed by atoms with Gasteiger partial charge in [0.2, 0.25) is 5.91 Å². The molecule has 3 aromatic rings. The minimum absolute atomic E-state index is 0.0752. The molecule has 0 bridgehead atoms. The van der Waals surface area contributed by atoms with Crippen LogP contribution in [0.5, 0.6) is 0 Å². The number of carbonyl (C=O) groups is 1. The topological polar surface area (TPSA) is 70.5 Å². The number of anilines is 1. The minimum Gasteiger partial charge on any atom is -0.326 e. The number of likely N-dealkylation sites (N-methyl/N-ethyl adjacent to an activating group) is 1. The Labute approximate surface area is 186 Å². The number of benzene rings is 1. The van der Waals surface area contributed by atoms with E-state index < -0.39 is 0 Å². The second-order valence-corrected chi connectivity index (χ2v) is 9.49. The standard InChI is InChI=1S/C23H29N5O2S/c1-16-17(2)31-22-21(16)23(30)28(15-24-22)8-7-20(29)25-19-6-4-5-18(13-19)14-27-11-9-26(3)10-12-27/h4-6,13,15H,7-12,14H2,1-3H3,(H,25,29). The van der Waals surface area contributed by atoms with E-state index in [1.807, 2.05) is 32.0 Å². The predicted octanol–water partition coefficient (Wildman–Crippen LogP) is 2.85. The fraction of sp³-hybridized carbons (Fsp3) is 0.435. The smallest absolute Gasteiger partial charge is 0.262 e. The molecule has 1 saturated heterocycles. The maximum atomic E-state index is 12.8. The number of thiophene rings is 1. The van der Waals surface area contributed by atoms with Gasteiger partial charge in [0.1, 0.15) is 4.83 Å². The summed E-state index contributed by atoms with van der Waals surface area (Å²) < 4.78 is 1.53. The van der Waals surface area contributed by atoms with Gasteiger partial charge in [0.25, 0.3) is 5.56 Å². The van der Waals surface area contributed by atoms with E-state index in [0.29, 0.717) is 11.9 Å². The maximum Gasteiger partial charge on any atom is 0.262 e. The molecule has 3 heterocycles. The third-order valence-electron chi connectivity index (χ3n) is 5.95. The van der Waals surface area contributed by atoms with Crippen LogP contribution in [0.25, 0.3) is 10.2 Å². The van der Waals surface area contributed by atoms with Crippen molar-refractivity contribution in [2.24, 2.45) is 0 Å². The van der Waals surface area contributed by atoms with E-state index in [1.54, 1.807) is 6.33 Å². The second-order valence-electron chi connectivity index (χ2n) is 8.28. The lowest BCUT2D eigenvalue weighted by Crippen LogP contribution is -2.43. The third-order valence-corrected chi connectivity index (χ3v) is 7.06. The monoisotopic (exact) mass is 439 g/mol. The van der Waals surface area contributed by atoms with Crippen LogP contribution < -0.4 is 10.9 Å². The molecule has 1 aliphatic rings. The molecule has 1 aliphatic heterocycles. The van der Waals surface area contributed by atoms with E-state index in [4.69, 9.17) is 0 Å². The fourth-order valence-electron chi connectivity index (χ4n) is 3.89. The summed E-state index contributed by atoms with van der Waals surface area (Å²) in [4.78, 5) is 36.3. The van der Waals surface area contributed by atoms with Crippen molar-refractivity contribution in [1.29, 1.82) is 0 Å². The maximum absolute atomic E-state index is 12.8. The summed E-state index contributed by atoms with van der Waals surface area (Å²) in [6.07, 6.45) is 1.77. The summed E-state index contributed by atoms with van der Waals surface area (Å²) in [5.41, 5.74) is 2.89. The molecular formula is C23H29N5O2S. The molecular weight excluding hydrogens is 410 g/mol. The average Bonchev–Trinajstić information content (AvgIpc) is 3.04. The van der Waals surface area contributed by atoms with Gasteiger partial charge in [-0.2, -0.15) is 0 Å². The molecule has 1 aromatic carbocycles. The van der Waals surface area contributed by atoms with Gasteiger partial charge in [-0.3, -0.25) is 19.1 Å². The Morgan fingerprint density at radius 2 is 1.97 bits per heavy atom. The zero-order chi connectivity index (χ0) is 22.0.